The van der Waals surface area contributed by atoms with E-state index in [-0.39, 0.29) is 11.9 Å². The first-order chi connectivity index (χ1) is 11.4. The van der Waals surface area contributed by atoms with Gasteiger partial charge < -0.3 is 9.64 Å². The van der Waals surface area contributed by atoms with Crippen molar-refractivity contribution in [2.24, 2.45) is 16.2 Å². The first kappa shape index (κ1) is 19.9. The van der Waals surface area contributed by atoms with Gasteiger partial charge in [0.2, 0.25) is 5.91 Å². The van der Waals surface area contributed by atoms with Crippen LogP contribution in [0, 0.1) is 11.8 Å². The predicted molar refractivity (Wildman–Crippen MR) is 94.2 cm³/mol. The van der Waals surface area contributed by atoms with Crippen LogP contribution >= 0.6 is 0 Å². The number of carbonyl (C=O) groups excluding carboxylic acids is 3. The molecule has 0 aromatic rings. The van der Waals surface area contributed by atoms with Gasteiger partial charge in [-0.15, -0.1) is 0 Å². The number of likely N-dealkylation sites (tertiary alicyclic amines) is 1. The Bertz CT molecular complexity index is 680. The van der Waals surface area contributed by atoms with Crippen LogP contribution in [0.1, 0.15) is 46.5 Å². The molecule has 2 aliphatic rings. The zero-order chi connectivity index (χ0) is 19.0. The second kappa shape index (κ2) is 7.05. The van der Waals surface area contributed by atoms with Gasteiger partial charge in [-0.3, -0.25) is 14.4 Å². The summed E-state index contributed by atoms with van der Waals surface area (Å²) in [6.45, 7) is 5.86. The lowest BCUT2D eigenvalue weighted by atomic mass is 9.72. The summed E-state index contributed by atoms with van der Waals surface area (Å²) in [5.74, 6) is -1.92. The van der Waals surface area contributed by atoms with E-state index in [2.05, 4.69) is 4.36 Å². The molecule has 7 nitrogen and oxygen atoms in total. The van der Waals surface area contributed by atoms with E-state index in [1.165, 1.54) is 17.4 Å². The van der Waals surface area contributed by atoms with E-state index in [1.807, 2.05) is 0 Å². The highest BCUT2D eigenvalue weighted by atomic mass is 32.2. The molecule has 2 fully saturated rings. The van der Waals surface area contributed by atoms with Gasteiger partial charge in [0, 0.05) is 28.8 Å². The van der Waals surface area contributed by atoms with Gasteiger partial charge in [-0.2, -0.15) is 4.36 Å². The average Bonchev–Trinajstić information content (AvgIpc) is 2.81. The predicted octanol–water partition coefficient (Wildman–Crippen LogP) is 1.60. The summed E-state index contributed by atoms with van der Waals surface area (Å²) in [6.07, 6.45) is 5.27. The third-order valence-electron chi connectivity index (χ3n) is 4.43. The molecule has 25 heavy (non-hydrogen) atoms. The van der Waals surface area contributed by atoms with Crippen molar-refractivity contribution >= 4 is 27.5 Å². The Kier molecular flexibility index (Phi) is 5.61. The highest BCUT2D eigenvalue weighted by Crippen LogP contribution is 2.39. The Labute approximate surface area is 149 Å². The van der Waals surface area contributed by atoms with Gasteiger partial charge in [0.25, 0.3) is 5.91 Å². The normalized spacial score (nSPS) is 26.8. The van der Waals surface area contributed by atoms with Crippen molar-refractivity contribution < 1.29 is 23.3 Å². The summed E-state index contributed by atoms with van der Waals surface area (Å²) in [7, 11) is -2.55. The number of nitrogens with zero attached hydrogens (tertiary/aromatic N) is 2. The van der Waals surface area contributed by atoms with Crippen LogP contribution in [0.25, 0.3) is 0 Å². The Hall–Kier alpha value is -1.44. The van der Waals surface area contributed by atoms with Gasteiger partial charge in [-0.1, -0.05) is 0 Å². The van der Waals surface area contributed by atoms with Crippen molar-refractivity contribution in [3.63, 3.8) is 0 Å². The fourth-order valence-corrected chi connectivity index (χ4v) is 3.79. The molecule has 0 aromatic carbocycles. The van der Waals surface area contributed by atoms with E-state index in [9.17, 15) is 18.6 Å². The Morgan fingerprint density at radius 2 is 1.68 bits per heavy atom. The molecule has 2 rings (SSSR count). The number of esters is 1. The summed E-state index contributed by atoms with van der Waals surface area (Å²) in [5, 5.41) is 0. The largest absolute Gasteiger partial charge is 0.460 e. The minimum Gasteiger partial charge on any atom is -0.460 e. The maximum Gasteiger partial charge on any atom is 0.310 e. The second-order valence-electron chi connectivity index (χ2n) is 8.12. The molecule has 3 atom stereocenters. The molecule has 1 aliphatic carbocycles. The molecule has 0 unspecified atom stereocenters. The summed E-state index contributed by atoms with van der Waals surface area (Å²) in [4.78, 5) is 38.9. The molecule has 0 bridgehead atoms. The number of ether oxygens (including phenoxy) is 1. The molecular weight excluding hydrogens is 344 g/mol. The van der Waals surface area contributed by atoms with Crippen LogP contribution in [-0.2, 0) is 28.8 Å². The molecule has 142 valence electrons. The van der Waals surface area contributed by atoms with Gasteiger partial charge in [-0.25, -0.2) is 4.21 Å². The number of carbonyl (C=O) groups is 3. The Morgan fingerprint density at radius 3 is 2.16 bits per heavy atom. The minimum absolute atomic E-state index is 0.188. The van der Waals surface area contributed by atoms with Crippen LogP contribution in [0.3, 0.4) is 0 Å². The standard InChI is InChI=1S/C17H28N2O5S/c1-17(2,3)24-16(22)12-9-8-11(12)15(21)19-10-6-7-13(19)14(20)18-25(4,5)23/h11-13H,6-10H2,1-5H3/t11-,12+,13-/m0/s1. The van der Waals surface area contributed by atoms with Crippen molar-refractivity contribution in [3.05, 3.63) is 0 Å². The highest BCUT2D eigenvalue weighted by Gasteiger charge is 2.47. The molecule has 0 radical (unpaired) electrons. The molecule has 1 saturated heterocycles. The highest BCUT2D eigenvalue weighted by molar-refractivity contribution is 7.92. The van der Waals surface area contributed by atoms with Crippen LogP contribution in [0.2, 0.25) is 0 Å². The van der Waals surface area contributed by atoms with Crippen molar-refractivity contribution in [1.29, 1.82) is 0 Å². The molecule has 1 aliphatic heterocycles. The number of hydrogen-bond donors (Lipinski definition) is 0. The third kappa shape index (κ3) is 5.03. The number of rotatable bonds is 3. The minimum atomic E-state index is -2.55. The lowest BCUT2D eigenvalue weighted by molar-refractivity contribution is -0.171. The maximum absolute atomic E-state index is 12.8. The molecule has 1 heterocycles. The fraction of sp³-hybridized carbons (Fsp3) is 0.824. The summed E-state index contributed by atoms with van der Waals surface area (Å²) in [5.41, 5.74) is -0.590. The lowest BCUT2D eigenvalue weighted by Gasteiger charge is -2.38. The quantitative estimate of drug-likeness (QED) is 0.702. The van der Waals surface area contributed by atoms with E-state index < -0.39 is 39.1 Å². The van der Waals surface area contributed by atoms with Crippen molar-refractivity contribution in [2.75, 3.05) is 19.1 Å². The van der Waals surface area contributed by atoms with Gasteiger partial charge in [0.1, 0.15) is 11.6 Å². The first-order valence-corrected chi connectivity index (χ1v) is 11.0. The van der Waals surface area contributed by atoms with Crippen molar-refractivity contribution in [1.82, 2.24) is 4.90 Å². The van der Waals surface area contributed by atoms with Crippen LogP contribution in [0.5, 0.6) is 0 Å². The van der Waals surface area contributed by atoms with Crippen LogP contribution in [0.4, 0.5) is 0 Å². The van der Waals surface area contributed by atoms with E-state index >= 15 is 0 Å². The Morgan fingerprint density at radius 1 is 1.08 bits per heavy atom. The smallest absolute Gasteiger partial charge is 0.310 e. The topological polar surface area (TPSA) is 93.1 Å². The first-order valence-electron chi connectivity index (χ1n) is 8.63. The van der Waals surface area contributed by atoms with Crippen molar-refractivity contribution in [2.45, 2.75) is 58.1 Å². The van der Waals surface area contributed by atoms with Gasteiger partial charge >= 0.3 is 5.97 Å². The second-order valence-corrected chi connectivity index (χ2v) is 10.7. The molecule has 8 heteroatoms. The average molecular weight is 372 g/mol. The fourth-order valence-electron chi connectivity index (χ4n) is 3.23. The van der Waals surface area contributed by atoms with E-state index in [4.69, 9.17) is 4.74 Å². The van der Waals surface area contributed by atoms with Crippen LogP contribution in [-0.4, -0.2) is 57.6 Å². The van der Waals surface area contributed by atoms with E-state index in [0.717, 1.165) is 0 Å². The van der Waals surface area contributed by atoms with Gasteiger partial charge in [0.15, 0.2) is 0 Å². The molecule has 2 amide bonds. The summed E-state index contributed by atoms with van der Waals surface area (Å²) in [6, 6.07) is -0.659. The van der Waals surface area contributed by atoms with Crippen LogP contribution in [0.15, 0.2) is 4.36 Å². The summed E-state index contributed by atoms with van der Waals surface area (Å²) >= 11 is 0. The maximum atomic E-state index is 12.8. The molecular formula is C17H28N2O5S. The summed E-state index contributed by atoms with van der Waals surface area (Å²) < 4.78 is 20.9. The van der Waals surface area contributed by atoms with Gasteiger partial charge in [0.05, 0.1) is 11.8 Å². The number of amides is 2. The molecule has 0 aromatic heterocycles. The molecule has 1 saturated carbocycles. The van der Waals surface area contributed by atoms with Gasteiger partial charge in [-0.05, 0) is 46.5 Å². The zero-order valence-electron chi connectivity index (χ0n) is 15.6. The number of hydrogen-bond acceptors (Lipinski definition) is 5. The van der Waals surface area contributed by atoms with E-state index in [0.29, 0.717) is 32.2 Å². The third-order valence-corrected chi connectivity index (χ3v) is 5.05. The Balaban J connectivity index is 2.08. The monoisotopic (exact) mass is 372 g/mol. The molecule has 0 N–H and O–H groups in total. The molecule has 0 spiro atoms. The van der Waals surface area contributed by atoms with E-state index in [1.54, 1.807) is 20.8 Å². The zero-order valence-corrected chi connectivity index (χ0v) is 16.4. The van der Waals surface area contributed by atoms with Crippen molar-refractivity contribution in [3.8, 4) is 0 Å². The SMILES string of the molecule is CC(C)(C)OC(=O)[C@@H]1CC[C@@H]1C(=O)N1CCC[C@H]1C(=O)N=S(C)(C)=O. The van der Waals surface area contributed by atoms with Crippen LogP contribution < -0.4 is 0 Å². The lowest BCUT2D eigenvalue weighted by Crippen LogP contribution is -2.50.